The third kappa shape index (κ3) is 3.34. The number of alkyl halides is 1. The van der Waals surface area contributed by atoms with Gasteiger partial charge in [0.15, 0.2) is 11.5 Å². The van der Waals surface area contributed by atoms with E-state index in [4.69, 9.17) is 10.5 Å². The van der Waals surface area contributed by atoms with Crippen molar-refractivity contribution in [2.75, 3.05) is 7.05 Å². The molecule has 0 spiro atoms. The zero-order valence-corrected chi connectivity index (χ0v) is 17.6. The second-order valence-corrected chi connectivity index (χ2v) is 8.37. The van der Waals surface area contributed by atoms with E-state index in [-0.39, 0.29) is 23.7 Å². The van der Waals surface area contributed by atoms with Crippen molar-refractivity contribution in [3.63, 3.8) is 0 Å². The average Bonchev–Trinajstić information content (AvgIpc) is 3.36. The van der Waals surface area contributed by atoms with Crippen LogP contribution >= 0.6 is 11.3 Å². The van der Waals surface area contributed by atoms with Crippen LogP contribution in [0.1, 0.15) is 29.7 Å². The molecule has 1 saturated carbocycles. The van der Waals surface area contributed by atoms with Gasteiger partial charge in [-0.2, -0.15) is 0 Å². The Balaban J connectivity index is 1.75. The second-order valence-electron chi connectivity index (χ2n) is 7.65. The number of nitrogens with two attached hydrogens (primary N) is 1. The van der Waals surface area contributed by atoms with E-state index < -0.39 is 12.2 Å². The van der Waals surface area contributed by atoms with Crippen LogP contribution in [0, 0.1) is 0 Å². The second kappa shape index (κ2) is 7.42. The predicted octanol–water partition coefficient (Wildman–Crippen LogP) is 3.25. The summed E-state index contributed by atoms with van der Waals surface area (Å²) in [5, 5.41) is 1.93. The van der Waals surface area contributed by atoms with Gasteiger partial charge in [-0.05, 0) is 54.3 Å². The van der Waals surface area contributed by atoms with Gasteiger partial charge >= 0.3 is 0 Å². The highest BCUT2D eigenvalue weighted by atomic mass is 32.1. The number of amides is 1. The summed E-state index contributed by atoms with van der Waals surface area (Å²) in [5.41, 5.74) is 9.26. The molecule has 5 rings (SSSR count). The van der Waals surface area contributed by atoms with Crippen LogP contribution in [0.15, 0.2) is 52.4 Å². The van der Waals surface area contributed by atoms with Crippen molar-refractivity contribution in [2.24, 2.45) is 10.7 Å². The first-order chi connectivity index (χ1) is 15.0. The van der Waals surface area contributed by atoms with E-state index >= 15 is 0 Å². The fourth-order valence-corrected chi connectivity index (χ4v) is 4.28. The van der Waals surface area contributed by atoms with Gasteiger partial charge in [0.05, 0.1) is 23.0 Å². The fraction of sp³-hybridized carbons (Fsp3) is 0.273. The lowest BCUT2D eigenvalue weighted by molar-refractivity contribution is -0.129. The van der Waals surface area contributed by atoms with Crippen molar-refractivity contribution >= 4 is 23.2 Å². The summed E-state index contributed by atoms with van der Waals surface area (Å²) in [6, 6.07) is 8.84. The Morgan fingerprint density at radius 1 is 1.26 bits per heavy atom. The Morgan fingerprint density at radius 2 is 2.10 bits per heavy atom. The monoisotopic (exact) mass is 437 g/mol. The summed E-state index contributed by atoms with van der Waals surface area (Å²) in [6.45, 7) is -0.748. The molecule has 1 amide bonds. The number of halogens is 1. The number of carbonyl (C=O) groups excluding carboxylic acids is 1. The molecule has 1 atom stereocenters. The van der Waals surface area contributed by atoms with Gasteiger partial charge in [0.25, 0.3) is 5.91 Å². The number of benzene rings is 1. The van der Waals surface area contributed by atoms with Gasteiger partial charge < -0.3 is 10.5 Å². The number of carbonyl (C=O) groups is 1. The largest absolute Gasteiger partial charge is 0.490 e. The number of hydrogen-bond acceptors (Lipinski definition) is 7. The quantitative estimate of drug-likeness (QED) is 0.639. The first kappa shape index (κ1) is 19.6. The van der Waals surface area contributed by atoms with Crippen LogP contribution in [0.2, 0.25) is 0 Å². The number of aliphatic imine (C=N–C) groups is 1. The smallest absolute Gasteiger partial charge is 0.266 e. The maximum absolute atomic E-state index is 13.5. The van der Waals surface area contributed by atoms with Crippen LogP contribution in [0.5, 0.6) is 5.75 Å². The van der Waals surface area contributed by atoms with Crippen molar-refractivity contribution in [3.05, 3.63) is 64.2 Å². The number of likely N-dealkylation sites (N-methyl/N-ethyl adjacent to an activating group) is 1. The van der Waals surface area contributed by atoms with Crippen LogP contribution < -0.4 is 10.5 Å². The summed E-state index contributed by atoms with van der Waals surface area (Å²) >= 11 is 1.48. The van der Waals surface area contributed by atoms with E-state index in [0.717, 1.165) is 24.1 Å². The number of ether oxygens (including phenoxy) is 1. The van der Waals surface area contributed by atoms with Crippen molar-refractivity contribution in [1.82, 2.24) is 14.9 Å². The lowest BCUT2D eigenvalue weighted by atomic mass is 9.82. The number of nitrogens with zero attached hydrogens (tertiary/aromatic N) is 4. The van der Waals surface area contributed by atoms with Gasteiger partial charge in [0, 0.05) is 24.2 Å². The SMILES string of the molecule is CN1C(=O)C(c2cc(OC3CC3)cc(-c3cscn3)c2)(c2ccnc(CF)c2)N=C1N. The summed E-state index contributed by atoms with van der Waals surface area (Å²) in [5.74, 6) is 0.402. The highest BCUT2D eigenvalue weighted by Crippen LogP contribution is 2.43. The van der Waals surface area contributed by atoms with Crippen molar-refractivity contribution in [3.8, 4) is 17.0 Å². The van der Waals surface area contributed by atoms with Crippen molar-refractivity contribution in [1.29, 1.82) is 0 Å². The molecule has 2 aromatic heterocycles. The number of thiazole rings is 1. The van der Waals surface area contributed by atoms with Crippen LogP contribution in [0.4, 0.5) is 4.39 Å². The summed E-state index contributed by atoms with van der Waals surface area (Å²) < 4.78 is 19.5. The lowest BCUT2D eigenvalue weighted by Gasteiger charge is -2.27. The van der Waals surface area contributed by atoms with Crippen LogP contribution in [-0.4, -0.2) is 39.9 Å². The molecule has 3 aromatic rings. The van der Waals surface area contributed by atoms with E-state index in [9.17, 15) is 9.18 Å². The van der Waals surface area contributed by atoms with E-state index in [0.29, 0.717) is 16.9 Å². The molecule has 1 aliphatic heterocycles. The van der Waals surface area contributed by atoms with Gasteiger partial charge in [0.2, 0.25) is 0 Å². The Bertz CT molecular complexity index is 1180. The molecule has 1 aromatic carbocycles. The average molecular weight is 438 g/mol. The topological polar surface area (TPSA) is 93.7 Å². The van der Waals surface area contributed by atoms with Crippen LogP contribution in [0.25, 0.3) is 11.3 Å². The highest BCUT2D eigenvalue weighted by Gasteiger charge is 2.50. The molecule has 0 bridgehead atoms. The van der Waals surface area contributed by atoms with Crippen LogP contribution in [-0.2, 0) is 17.0 Å². The molecule has 0 saturated heterocycles. The minimum absolute atomic E-state index is 0.0901. The van der Waals surface area contributed by atoms with Crippen molar-refractivity contribution in [2.45, 2.75) is 31.2 Å². The zero-order valence-electron chi connectivity index (χ0n) is 16.8. The first-order valence-corrected chi connectivity index (χ1v) is 10.8. The fourth-order valence-electron chi connectivity index (χ4n) is 3.72. The van der Waals surface area contributed by atoms with Crippen LogP contribution in [0.3, 0.4) is 0 Å². The third-order valence-corrected chi connectivity index (χ3v) is 6.08. The number of hydrogen-bond donors (Lipinski definition) is 1. The number of pyridine rings is 1. The Morgan fingerprint density at radius 3 is 2.74 bits per heavy atom. The Labute approximate surface area is 182 Å². The Hall–Kier alpha value is -3.33. The normalized spacial score (nSPS) is 20.8. The molecule has 0 radical (unpaired) electrons. The van der Waals surface area contributed by atoms with Gasteiger partial charge in [-0.15, -0.1) is 11.3 Å². The maximum Gasteiger partial charge on any atom is 0.266 e. The molecule has 1 fully saturated rings. The number of rotatable bonds is 6. The number of aromatic nitrogens is 2. The Kier molecular flexibility index (Phi) is 4.70. The molecule has 158 valence electrons. The molecule has 31 heavy (non-hydrogen) atoms. The molecule has 7 nitrogen and oxygen atoms in total. The van der Waals surface area contributed by atoms with E-state index in [1.165, 1.54) is 22.4 Å². The molecular formula is C22H20FN5O2S. The van der Waals surface area contributed by atoms with Crippen molar-refractivity contribution < 1.29 is 13.9 Å². The van der Waals surface area contributed by atoms with Gasteiger partial charge in [-0.25, -0.2) is 14.4 Å². The van der Waals surface area contributed by atoms with E-state index in [2.05, 4.69) is 15.0 Å². The summed E-state index contributed by atoms with van der Waals surface area (Å²) in [6.07, 6.45) is 3.65. The standard InChI is InChI=1S/C22H20FN5O2S/c1-28-20(29)22(27-21(28)24,14-4-5-25-16(8-14)10-23)15-6-13(19-11-31-12-26-19)7-18(9-15)30-17-2-3-17/h4-9,11-12,17H,2-3,10H2,1H3,(H2,24,27). The highest BCUT2D eigenvalue weighted by molar-refractivity contribution is 7.07. The number of guanidine groups is 1. The first-order valence-electron chi connectivity index (χ1n) is 9.87. The lowest BCUT2D eigenvalue weighted by Crippen LogP contribution is -2.41. The minimum atomic E-state index is -1.46. The molecule has 1 aliphatic carbocycles. The summed E-state index contributed by atoms with van der Waals surface area (Å²) in [7, 11) is 1.58. The summed E-state index contributed by atoms with van der Waals surface area (Å²) in [4.78, 5) is 27.9. The molecule has 2 aliphatic rings. The van der Waals surface area contributed by atoms with E-state index in [1.807, 2.05) is 23.6 Å². The maximum atomic E-state index is 13.5. The molecular weight excluding hydrogens is 417 g/mol. The van der Waals surface area contributed by atoms with E-state index in [1.54, 1.807) is 24.7 Å². The van der Waals surface area contributed by atoms with Gasteiger partial charge in [0.1, 0.15) is 12.4 Å². The predicted molar refractivity (Wildman–Crippen MR) is 115 cm³/mol. The third-order valence-electron chi connectivity index (χ3n) is 5.49. The molecule has 1 unspecified atom stereocenters. The molecule has 3 heterocycles. The minimum Gasteiger partial charge on any atom is -0.490 e. The molecule has 9 heteroatoms. The zero-order chi connectivity index (χ0) is 21.6. The molecule has 2 N–H and O–H groups in total. The van der Waals surface area contributed by atoms with Gasteiger partial charge in [-0.3, -0.25) is 14.7 Å². The van der Waals surface area contributed by atoms with Gasteiger partial charge in [-0.1, -0.05) is 0 Å².